The van der Waals surface area contributed by atoms with E-state index in [4.69, 9.17) is 9.47 Å². The lowest BCUT2D eigenvalue weighted by Crippen LogP contribution is -2.36. The molecule has 2 heterocycles. The van der Waals surface area contributed by atoms with Crippen LogP contribution in [0.3, 0.4) is 0 Å². The third-order valence-electron chi connectivity index (χ3n) is 2.49. The Morgan fingerprint density at radius 3 is 3.12 bits per heavy atom. The van der Waals surface area contributed by atoms with Gasteiger partial charge in [0.1, 0.15) is 0 Å². The first-order chi connectivity index (χ1) is 7.52. The maximum absolute atomic E-state index is 11.5. The molecule has 0 aliphatic carbocycles. The summed E-state index contributed by atoms with van der Waals surface area (Å²) in [5.74, 6) is -0.373. The number of hydrogen-bond acceptors (Lipinski definition) is 4. The third kappa shape index (κ3) is 2.09. The van der Waals surface area contributed by atoms with Crippen LogP contribution in [0, 0.1) is 0 Å². The van der Waals surface area contributed by atoms with Crippen LogP contribution in [0.4, 0.5) is 0 Å². The van der Waals surface area contributed by atoms with Crippen molar-refractivity contribution in [2.45, 2.75) is 39.5 Å². The predicted molar refractivity (Wildman–Crippen MR) is 57.1 cm³/mol. The van der Waals surface area contributed by atoms with Gasteiger partial charge in [0, 0.05) is 0 Å². The van der Waals surface area contributed by atoms with Gasteiger partial charge in [-0.2, -0.15) is 5.10 Å². The van der Waals surface area contributed by atoms with Gasteiger partial charge in [-0.25, -0.2) is 4.79 Å². The molecule has 5 nitrogen and oxygen atoms in total. The standard InChI is InChI=1S/C11H16N2O3/c1-4-15-10(14)9-5-8-6-16-11(2,3)7-13(8)12-9/h5H,4,6-7H2,1-3H3. The summed E-state index contributed by atoms with van der Waals surface area (Å²) >= 11 is 0. The first kappa shape index (κ1) is 11.1. The highest BCUT2D eigenvalue weighted by molar-refractivity contribution is 5.87. The van der Waals surface area contributed by atoms with Crippen molar-refractivity contribution >= 4 is 5.97 Å². The average Bonchev–Trinajstić information content (AvgIpc) is 2.59. The molecule has 1 aromatic rings. The van der Waals surface area contributed by atoms with Crippen LogP contribution in [-0.2, 0) is 22.6 Å². The Morgan fingerprint density at radius 2 is 2.44 bits per heavy atom. The molecule has 0 bridgehead atoms. The molecule has 0 saturated heterocycles. The van der Waals surface area contributed by atoms with E-state index < -0.39 is 0 Å². The number of hydrogen-bond donors (Lipinski definition) is 0. The van der Waals surface area contributed by atoms with Crippen LogP contribution in [0.5, 0.6) is 0 Å². The first-order valence-electron chi connectivity index (χ1n) is 5.39. The molecule has 2 rings (SSSR count). The van der Waals surface area contributed by atoms with Gasteiger partial charge < -0.3 is 9.47 Å². The van der Waals surface area contributed by atoms with Crippen LogP contribution in [0.25, 0.3) is 0 Å². The molecular formula is C11H16N2O3. The minimum atomic E-state index is -0.373. The Hall–Kier alpha value is -1.36. The fraction of sp³-hybridized carbons (Fsp3) is 0.636. The van der Waals surface area contributed by atoms with E-state index in [1.54, 1.807) is 13.0 Å². The predicted octanol–water partition coefficient (Wildman–Crippen LogP) is 1.37. The molecule has 0 atom stereocenters. The molecule has 88 valence electrons. The second-order valence-electron chi connectivity index (χ2n) is 4.45. The topological polar surface area (TPSA) is 53.4 Å². The number of nitrogens with zero attached hydrogens (tertiary/aromatic N) is 2. The van der Waals surface area contributed by atoms with E-state index in [1.165, 1.54) is 0 Å². The van der Waals surface area contributed by atoms with E-state index in [0.29, 0.717) is 25.5 Å². The van der Waals surface area contributed by atoms with Crippen molar-refractivity contribution in [3.63, 3.8) is 0 Å². The van der Waals surface area contributed by atoms with E-state index in [2.05, 4.69) is 5.10 Å². The van der Waals surface area contributed by atoms with Gasteiger partial charge in [-0.1, -0.05) is 0 Å². The molecule has 16 heavy (non-hydrogen) atoms. The smallest absolute Gasteiger partial charge is 0.358 e. The molecule has 0 N–H and O–H groups in total. The molecule has 1 aliphatic rings. The summed E-state index contributed by atoms with van der Waals surface area (Å²) in [5, 5.41) is 4.23. The van der Waals surface area contributed by atoms with Crippen LogP contribution in [-0.4, -0.2) is 28.0 Å². The highest BCUT2D eigenvalue weighted by atomic mass is 16.5. The summed E-state index contributed by atoms with van der Waals surface area (Å²) in [5.41, 5.74) is 1.05. The van der Waals surface area contributed by atoms with Crippen molar-refractivity contribution in [1.82, 2.24) is 9.78 Å². The molecular weight excluding hydrogens is 208 g/mol. The SMILES string of the molecule is CCOC(=O)c1cc2n(n1)CC(C)(C)OC2. The first-order valence-corrected chi connectivity index (χ1v) is 5.39. The monoisotopic (exact) mass is 224 g/mol. The lowest BCUT2D eigenvalue weighted by molar-refractivity contribution is -0.0661. The Kier molecular flexibility index (Phi) is 2.71. The van der Waals surface area contributed by atoms with Crippen LogP contribution in [0.2, 0.25) is 0 Å². The van der Waals surface area contributed by atoms with Crippen molar-refractivity contribution in [2.75, 3.05) is 6.61 Å². The number of esters is 1. The van der Waals surface area contributed by atoms with Gasteiger partial charge in [0.15, 0.2) is 5.69 Å². The fourth-order valence-electron chi connectivity index (χ4n) is 1.69. The van der Waals surface area contributed by atoms with Gasteiger partial charge in [-0.3, -0.25) is 4.68 Å². The summed E-state index contributed by atoms with van der Waals surface area (Å²) in [4.78, 5) is 11.5. The van der Waals surface area contributed by atoms with Gasteiger partial charge in [-0.05, 0) is 26.8 Å². The van der Waals surface area contributed by atoms with Gasteiger partial charge in [0.2, 0.25) is 0 Å². The molecule has 0 spiro atoms. The Labute approximate surface area is 94.3 Å². The van der Waals surface area contributed by atoms with Crippen molar-refractivity contribution in [1.29, 1.82) is 0 Å². The summed E-state index contributed by atoms with van der Waals surface area (Å²) in [7, 11) is 0. The minimum Gasteiger partial charge on any atom is -0.461 e. The molecule has 1 aromatic heterocycles. The van der Waals surface area contributed by atoms with Gasteiger partial charge in [0.25, 0.3) is 0 Å². The van der Waals surface area contributed by atoms with Crippen LogP contribution >= 0.6 is 0 Å². The van der Waals surface area contributed by atoms with Gasteiger partial charge in [-0.15, -0.1) is 0 Å². The van der Waals surface area contributed by atoms with E-state index in [1.807, 2.05) is 18.5 Å². The zero-order valence-electron chi connectivity index (χ0n) is 9.82. The maximum Gasteiger partial charge on any atom is 0.358 e. The molecule has 0 amide bonds. The van der Waals surface area contributed by atoms with Crippen molar-refractivity contribution < 1.29 is 14.3 Å². The van der Waals surface area contributed by atoms with Gasteiger partial charge in [0.05, 0.1) is 31.1 Å². The van der Waals surface area contributed by atoms with E-state index in [-0.39, 0.29) is 11.6 Å². The van der Waals surface area contributed by atoms with Crippen LogP contribution in [0.15, 0.2) is 6.07 Å². The van der Waals surface area contributed by atoms with Crippen molar-refractivity contribution in [3.8, 4) is 0 Å². The normalized spacial score (nSPS) is 17.9. The maximum atomic E-state index is 11.5. The van der Waals surface area contributed by atoms with Gasteiger partial charge >= 0.3 is 5.97 Å². The summed E-state index contributed by atoms with van der Waals surface area (Å²) in [6.07, 6.45) is 0. The Morgan fingerprint density at radius 1 is 1.69 bits per heavy atom. The highest BCUT2D eigenvalue weighted by Crippen LogP contribution is 2.22. The van der Waals surface area contributed by atoms with Crippen molar-refractivity contribution in [3.05, 3.63) is 17.5 Å². The largest absolute Gasteiger partial charge is 0.461 e. The van der Waals surface area contributed by atoms with Crippen LogP contribution < -0.4 is 0 Å². The second kappa shape index (κ2) is 3.90. The highest BCUT2D eigenvalue weighted by Gasteiger charge is 2.28. The third-order valence-corrected chi connectivity index (χ3v) is 2.49. The second-order valence-corrected chi connectivity index (χ2v) is 4.45. The number of carbonyl (C=O) groups excluding carboxylic acids is 1. The van der Waals surface area contributed by atoms with E-state index >= 15 is 0 Å². The fourth-order valence-corrected chi connectivity index (χ4v) is 1.69. The number of rotatable bonds is 2. The molecule has 0 unspecified atom stereocenters. The lowest BCUT2D eigenvalue weighted by Gasteiger charge is -2.30. The summed E-state index contributed by atoms with van der Waals surface area (Å²) in [6, 6.07) is 1.73. The van der Waals surface area contributed by atoms with Crippen molar-refractivity contribution in [2.24, 2.45) is 0 Å². The summed E-state index contributed by atoms with van der Waals surface area (Å²) in [6.45, 7) is 7.29. The quantitative estimate of drug-likeness (QED) is 0.712. The van der Waals surface area contributed by atoms with E-state index in [0.717, 1.165) is 5.69 Å². The zero-order chi connectivity index (χ0) is 11.8. The lowest BCUT2D eigenvalue weighted by atomic mass is 10.1. The van der Waals surface area contributed by atoms with E-state index in [9.17, 15) is 4.79 Å². The zero-order valence-corrected chi connectivity index (χ0v) is 9.82. The molecule has 0 saturated carbocycles. The average molecular weight is 224 g/mol. The number of fused-ring (bicyclic) bond motifs is 1. The Balaban J connectivity index is 2.21. The number of ether oxygens (including phenoxy) is 2. The Bertz CT molecular complexity index is 409. The molecule has 1 aliphatic heterocycles. The minimum absolute atomic E-state index is 0.231. The number of aromatic nitrogens is 2. The molecule has 5 heteroatoms. The van der Waals surface area contributed by atoms with Crippen LogP contribution in [0.1, 0.15) is 37.0 Å². The molecule has 0 radical (unpaired) electrons. The summed E-state index contributed by atoms with van der Waals surface area (Å²) < 4.78 is 12.3. The molecule has 0 fully saturated rings. The number of carbonyl (C=O) groups is 1. The molecule has 0 aromatic carbocycles.